The maximum atomic E-state index is 11.8. The molecule has 2 N–H and O–H groups in total. The first kappa shape index (κ1) is 15.6. The highest BCUT2D eigenvalue weighted by atomic mass is 79.9. The summed E-state index contributed by atoms with van der Waals surface area (Å²) in [6.07, 6.45) is 0.460. The summed E-state index contributed by atoms with van der Waals surface area (Å²) in [7, 11) is 0. The van der Waals surface area contributed by atoms with Crippen molar-refractivity contribution in [3.8, 4) is 0 Å². The van der Waals surface area contributed by atoms with Crippen LogP contribution < -0.4 is 10.6 Å². The molecule has 0 saturated heterocycles. The van der Waals surface area contributed by atoms with Crippen molar-refractivity contribution in [1.82, 2.24) is 5.32 Å². The molecule has 2 aromatic carbocycles. The molecule has 0 heterocycles. The van der Waals surface area contributed by atoms with Crippen LogP contribution in [0.3, 0.4) is 0 Å². The second-order valence-electron chi connectivity index (χ2n) is 4.89. The van der Waals surface area contributed by atoms with Gasteiger partial charge in [-0.1, -0.05) is 40.2 Å². The highest BCUT2D eigenvalue weighted by molar-refractivity contribution is 9.10. The van der Waals surface area contributed by atoms with Gasteiger partial charge in [0.15, 0.2) is 0 Å². The van der Waals surface area contributed by atoms with Crippen LogP contribution in [0.15, 0.2) is 53.0 Å². The van der Waals surface area contributed by atoms with Crippen LogP contribution >= 0.6 is 15.9 Å². The van der Waals surface area contributed by atoms with E-state index in [4.69, 9.17) is 0 Å². The van der Waals surface area contributed by atoms with Gasteiger partial charge in [0.2, 0.25) is 5.91 Å². The summed E-state index contributed by atoms with van der Waals surface area (Å²) < 4.78 is 1.05. The number of amides is 1. The number of carbonyl (C=O) groups excluding carboxylic acids is 1. The van der Waals surface area contributed by atoms with Crippen LogP contribution in [0, 0.1) is 6.92 Å². The Bertz CT molecular complexity index is 596. The molecule has 0 aliphatic rings. The van der Waals surface area contributed by atoms with Crippen LogP contribution in [0.1, 0.15) is 17.5 Å². The van der Waals surface area contributed by atoms with Crippen molar-refractivity contribution >= 4 is 27.5 Å². The molecule has 0 bridgehead atoms. The van der Waals surface area contributed by atoms with Crippen molar-refractivity contribution in [3.63, 3.8) is 0 Å². The summed E-state index contributed by atoms with van der Waals surface area (Å²) in [6.45, 7) is 3.27. The van der Waals surface area contributed by atoms with Crippen molar-refractivity contribution in [1.29, 1.82) is 0 Å². The summed E-state index contributed by atoms with van der Waals surface area (Å²) >= 11 is 3.39. The lowest BCUT2D eigenvalue weighted by atomic mass is 10.1. The van der Waals surface area contributed by atoms with Gasteiger partial charge in [-0.15, -0.1) is 0 Å². The topological polar surface area (TPSA) is 41.1 Å². The molecule has 1 amide bonds. The quantitative estimate of drug-likeness (QED) is 0.833. The van der Waals surface area contributed by atoms with E-state index in [1.807, 2.05) is 42.5 Å². The molecule has 0 spiro atoms. The maximum absolute atomic E-state index is 11.8. The monoisotopic (exact) mass is 346 g/mol. The van der Waals surface area contributed by atoms with Gasteiger partial charge in [0.05, 0.1) is 0 Å². The van der Waals surface area contributed by atoms with E-state index in [1.54, 1.807) is 0 Å². The highest BCUT2D eigenvalue weighted by Gasteiger charge is 2.02. The molecule has 0 atom stereocenters. The molecule has 0 unspecified atom stereocenters. The van der Waals surface area contributed by atoms with Gasteiger partial charge in [-0.05, 0) is 42.3 Å². The number of anilines is 1. The third-order valence-corrected chi connectivity index (χ3v) is 3.79. The van der Waals surface area contributed by atoms with Crippen LogP contribution in [-0.4, -0.2) is 12.5 Å². The Kier molecular flexibility index (Phi) is 5.81. The first-order chi connectivity index (χ1) is 10.1. The van der Waals surface area contributed by atoms with Crippen LogP contribution in [0.2, 0.25) is 0 Å². The molecule has 4 heteroatoms. The van der Waals surface area contributed by atoms with E-state index in [-0.39, 0.29) is 5.91 Å². The summed E-state index contributed by atoms with van der Waals surface area (Å²) in [4.78, 5) is 11.8. The SMILES string of the molecule is Cc1ccccc1CNC(=O)CCNc1ccc(Br)cc1. The Balaban J connectivity index is 1.70. The Morgan fingerprint density at radius 1 is 1.10 bits per heavy atom. The molecule has 0 aliphatic carbocycles. The summed E-state index contributed by atoms with van der Waals surface area (Å²) in [5, 5.41) is 6.18. The van der Waals surface area contributed by atoms with Gasteiger partial charge in [-0.2, -0.15) is 0 Å². The van der Waals surface area contributed by atoms with Gasteiger partial charge >= 0.3 is 0 Å². The summed E-state index contributed by atoms with van der Waals surface area (Å²) in [5.74, 6) is 0.0582. The number of carbonyl (C=O) groups is 1. The average molecular weight is 347 g/mol. The molecular weight excluding hydrogens is 328 g/mol. The maximum Gasteiger partial charge on any atom is 0.222 e. The third-order valence-electron chi connectivity index (χ3n) is 3.26. The zero-order valence-electron chi connectivity index (χ0n) is 12.0. The molecule has 0 radical (unpaired) electrons. The fourth-order valence-corrected chi connectivity index (χ4v) is 2.24. The number of hydrogen-bond donors (Lipinski definition) is 2. The summed E-state index contributed by atoms with van der Waals surface area (Å²) in [6, 6.07) is 16.0. The predicted octanol–water partition coefficient (Wildman–Crippen LogP) is 3.88. The highest BCUT2D eigenvalue weighted by Crippen LogP contribution is 2.13. The van der Waals surface area contributed by atoms with E-state index in [9.17, 15) is 4.79 Å². The minimum absolute atomic E-state index is 0.0582. The molecule has 21 heavy (non-hydrogen) atoms. The lowest BCUT2D eigenvalue weighted by Crippen LogP contribution is -2.25. The van der Waals surface area contributed by atoms with Crippen LogP contribution in [-0.2, 0) is 11.3 Å². The Morgan fingerprint density at radius 3 is 2.52 bits per heavy atom. The molecular formula is C17H19BrN2O. The molecule has 0 aromatic heterocycles. The first-order valence-electron chi connectivity index (χ1n) is 6.96. The molecule has 2 aromatic rings. The minimum atomic E-state index is 0.0582. The van der Waals surface area contributed by atoms with Crippen molar-refractivity contribution in [3.05, 3.63) is 64.1 Å². The summed E-state index contributed by atoms with van der Waals surface area (Å²) in [5.41, 5.74) is 3.38. The fourth-order valence-electron chi connectivity index (χ4n) is 1.98. The van der Waals surface area contributed by atoms with Crippen molar-refractivity contribution in [2.75, 3.05) is 11.9 Å². The average Bonchev–Trinajstić information content (AvgIpc) is 2.48. The smallest absolute Gasteiger partial charge is 0.222 e. The van der Waals surface area contributed by atoms with E-state index >= 15 is 0 Å². The zero-order chi connectivity index (χ0) is 15.1. The Labute approximate surface area is 133 Å². The molecule has 2 rings (SSSR count). The second kappa shape index (κ2) is 7.84. The third kappa shape index (κ3) is 5.23. The lowest BCUT2D eigenvalue weighted by molar-refractivity contribution is -0.121. The number of benzene rings is 2. The Hall–Kier alpha value is -1.81. The van der Waals surface area contributed by atoms with E-state index in [2.05, 4.69) is 39.6 Å². The number of hydrogen-bond acceptors (Lipinski definition) is 2. The molecule has 0 saturated carbocycles. The standard InChI is InChI=1S/C17H19BrN2O/c1-13-4-2-3-5-14(13)12-20-17(21)10-11-19-16-8-6-15(18)7-9-16/h2-9,19H,10-12H2,1H3,(H,20,21). The number of halogens is 1. The van der Waals surface area contributed by atoms with Crippen LogP contribution in [0.5, 0.6) is 0 Å². The zero-order valence-corrected chi connectivity index (χ0v) is 13.6. The van der Waals surface area contributed by atoms with Gasteiger partial charge in [0.1, 0.15) is 0 Å². The van der Waals surface area contributed by atoms with E-state index < -0.39 is 0 Å². The molecule has 0 fully saturated rings. The molecule has 0 aliphatic heterocycles. The molecule has 110 valence electrons. The van der Waals surface area contributed by atoms with Gasteiger partial charge in [-0.25, -0.2) is 0 Å². The van der Waals surface area contributed by atoms with Crippen molar-refractivity contribution in [2.45, 2.75) is 19.9 Å². The molecule has 3 nitrogen and oxygen atoms in total. The van der Waals surface area contributed by atoms with Gasteiger partial charge in [0.25, 0.3) is 0 Å². The van der Waals surface area contributed by atoms with E-state index in [0.717, 1.165) is 15.7 Å². The van der Waals surface area contributed by atoms with Crippen molar-refractivity contribution in [2.24, 2.45) is 0 Å². The number of aryl methyl sites for hydroxylation is 1. The predicted molar refractivity (Wildman–Crippen MR) is 90.3 cm³/mol. The fraction of sp³-hybridized carbons (Fsp3) is 0.235. The largest absolute Gasteiger partial charge is 0.385 e. The van der Waals surface area contributed by atoms with Gasteiger partial charge < -0.3 is 10.6 Å². The second-order valence-corrected chi connectivity index (χ2v) is 5.80. The van der Waals surface area contributed by atoms with E-state index in [1.165, 1.54) is 5.56 Å². The van der Waals surface area contributed by atoms with Gasteiger partial charge in [0, 0.05) is 29.7 Å². The Morgan fingerprint density at radius 2 is 1.81 bits per heavy atom. The van der Waals surface area contributed by atoms with Crippen LogP contribution in [0.4, 0.5) is 5.69 Å². The normalized spacial score (nSPS) is 10.2. The first-order valence-corrected chi connectivity index (χ1v) is 7.75. The van der Waals surface area contributed by atoms with Crippen LogP contribution in [0.25, 0.3) is 0 Å². The van der Waals surface area contributed by atoms with Gasteiger partial charge in [-0.3, -0.25) is 4.79 Å². The number of rotatable bonds is 6. The number of nitrogens with one attached hydrogen (secondary N) is 2. The lowest BCUT2D eigenvalue weighted by Gasteiger charge is -2.09. The van der Waals surface area contributed by atoms with Crippen molar-refractivity contribution < 1.29 is 4.79 Å². The minimum Gasteiger partial charge on any atom is -0.385 e. The van der Waals surface area contributed by atoms with E-state index in [0.29, 0.717) is 19.5 Å².